The predicted octanol–water partition coefficient (Wildman–Crippen LogP) is 2.80. The molecule has 1 aromatic heterocycles. The van der Waals surface area contributed by atoms with Crippen molar-refractivity contribution in [1.82, 2.24) is 20.8 Å². The summed E-state index contributed by atoms with van der Waals surface area (Å²) in [5.74, 6) is -0.946. The number of aromatic nitrogens is 2. The van der Waals surface area contributed by atoms with Gasteiger partial charge in [-0.1, -0.05) is 28.4 Å². The number of nitrogens with zero attached hydrogens (tertiary/aromatic N) is 2. The monoisotopic (exact) mass is 438 g/mol. The van der Waals surface area contributed by atoms with E-state index in [1.165, 1.54) is 0 Å². The molecule has 2 heterocycles. The highest BCUT2D eigenvalue weighted by atomic mass is 35.5. The molecule has 3 rings (SSSR count). The third-order valence-corrected chi connectivity index (χ3v) is 5.43. The second-order valence-electron chi connectivity index (χ2n) is 7.43. The molecule has 0 saturated carbocycles. The maximum atomic E-state index is 12.6. The molecule has 1 aromatic carbocycles. The van der Waals surface area contributed by atoms with E-state index in [4.69, 9.17) is 27.7 Å². The molecule has 1 atom stereocenters. The molecule has 0 aliphatic carbocycles. The van der Waals surface area contributed by atoms with Crippen molar-refractivity contribution in [3.63, 3.8) is 0 Å². The summed E-state index contributed by atoms with van der Waals surface area (Å²) < 4.78 is 5.12. The van der Waals surface area contributed by atoms with Crippen LogP contribution < -0.4 is 10.6 Å². The van der Waals surface area contributed by atoms with E-state index >= 15 is 0 Å². The van der Waals surface area contributed by atoms with Crippen LogP contribution >= 0.6 is 23.2 Å². The van der Waals surface area contributed by atoms with E-state index in [0.717, 1.165) is 0 Å². The van der Waals surface area contributed by atoms with Gasteiger partial charge in [-0.15, -0.1) is 0 Å². The van der Waals surface area contributed by atoms with Crippen LogP contribution in [0, 0.1) is 6.92 Å². The molecule has 8 nitrogen and oxygen atoms in total. The Morgan fingerprint density at radius 2 is 1.97 bits per heavy atom. The average molecular weight is 439 g/mol. The number of imide groups is 1. The van der Waals surface area contributed by atoms with Gasteiger partial charge in [-0.25, -0.2) is 0 Å². The number of carbonyl (C=O) groups excluding carboxylic acids is 3. The van der Waals surface area contributed by atoms with Gasteiger partial charge in [-0.05, 0) is 44.9 Å². The minimum absolute atomic E-state index is 0.171. The highest BCUT2D eigenvalue weighted by Gasteiger charge is 2.36. The third kappa shape index (κ3) is 4.43. The van der Waals surface area contributed by atoms with E-state index in [1.54, 1.807) is 32.9 Å². The maximum Gasteiger partial charge on any atom is 0.241 e. The van der Waals surface area contributed by atoms with Gasteiger partial charge in [0, 0.05) is 28.6 Å². The zero-order valence-electron chi connectivity index (χ0n) is 16.1. The molecular formula is C19H20Cl2N4O4. The van der Waals surface area contributed by atoms with Crippen LogP contribution in [-0.4, -0.2) is 27.9 Å². The van der Waals surface area contributed by atoms with E-state index in [1.807, 2.05) is 0 Å². The second kappa shape index (κ2) is 8.12. The van der Waals surface area contributed by atoms with Gasteiger partial charge < -0.3 is 9.84 Å². The average Bonchev–Trinajstić information content (AvgIpc) is 3.08. The number of hydrogen-bond acceptors (Lipinski definition) is 6. The lowest BCUT2D eigenvalue weighted by atomic mass is 9.89. The van der Waals surface area contributed by atoms with Crippen molar-refractivity contribution in [2.75, 3.05) is 0 Å². The molecule has 10 heteroatoms. The topological polar surface area (TPSA) is 114 Å². The van der Waals surface area contributed by atoms with Crippen molar-refractivity contribution < 1.29 is 18.9 Å². The Labute approximate surface area is 177 Å². The fraction of sp³-hybridized carbons (Fsp3) is 0.421. The Kier molecular flexibility index (Phi) is 5.95. The van der Waals surface area contributed by atoms with Gasteiger partial charge in [0.05, 0.1) is 5.92 Å². The summed E-state index contributed by atoms with van der Waals surface area (Å²) in [6.07, 6.45) is 0.573. The number of hydrogen-bond donors (Lipinski definition) is 2. The van der Waals surface area contributed by atoms with E-state index in [2.05, 4.69) is 20.8 Å². The standard InChI is InChI=1S/C19H20Cl2N4O4/c1-9-23-18(29-25-9)19(2,3)17(28)22-8-10-6-12(20)15(13(21)7-10)11-4-5-14(26)24-16(11)27/h6-7,11H,4-5,8H2,1-3H3,(H,22,28)(H,24,26,27). The minimum Gasteiger partial charge on any atom is -0.351 e. The van der Waals surface area contributed by atoms with Crippen LogP contribution in [0.1, 0.15) is 55.4 Å². The molecule has 1 fully saturated rings. The van der Waals surface area contributed by atoms with Gasteiger partial charge in [0.2, 0.25) is 23.6 Å². The first-order valence-corrected chi connectivity index (χ1v) is 9.75. The minimum atomic E-state index is -1.01. The molecule has 29 heavy (non-hydrogen) atoms. The second-order valence-corrected chi connectivity index (χ2v) is 8.25. The molecule has 1 aliphatic rings. The van der Waals surface area contributed by atoms with E-state index in [0.29, 0.717) is 33.4 Å². The van der Waals surface area contributed by atoms with Crippen molar-refractivity contribution in [3.05, 3.63) is 45.0 Å². The van der Waals surface area contributed by atoms with Crippen LogP contribution in [0.15, 0.2) is 16.7 Å². The number of amides is 3. The summed E-state index contributed by atoms with van der Waals surface area (Å²) in [7, 11) is 0. The van der Waals surface area contributed by atoms with Crippen LogP contribution in [-0.2, 0) is 26.3 Å². The van der Waals surface area contributed by atoms with Gasteiger partial charge in [0.1, 0.15) is 5.41 Å². The molecule has 0 bridgehead atoms. The molecule has 3 amide bonds. The van der Waals surface area contributed by atoms with Crippen LogP contribution in [0.5, 0.6) is 0 Å². The largest absolute Gasteiger partial charge is 0.351 e. The van der Waals surface area contributed by atoms with Crippen molar-refractivity contribution in [1.29, 1.82) is 0 Å². The highest BCUT2D eigenvalue weighted by Crippen LogP contribution is 2.37. The lowest BCUT2D eigenvalue weighted by Gasteiger charge is -2.23. The summed E-state index contributed by atoms with van der Waals surface area (Å²) in [5.41, 5.74) is 0.138. The summed E-state index contributed by atoms with van der Waals surface area (Å²) in [4.78, 5) is 40.2. The SMILES string of the molecule is Cc1noc(C(C)(C)C(=O)NCc2cc(Cl)c(C3CCC(=O)NC3=O)c(Cl)c2)n1. The summed E-state index contributed by atoms with van der Waals surface area (Å²) in [6.45, 7) is 5.21. The fourth-order valence-electron chi connectivity index (χ4n) is 3.09. The first-order valence-electron chi connectivity index (χ1n) is 9.00. The molecule has 1 unspecified atom stereocenters. The first kappa shape index (κ1) is 21.3. The number of aryl methyl sites for hydroxylation is 1. The summed E-state index contributed by atoms with van der Waals surface area (Å²) in [6, 6.07) is 3.30. The molecule has 1 aliphatic heterocycles. The summed E-state index contributed by atoms with van der Waals surface area (Å²) >= 11 is 12.8. The van der Waals surface area contributed by atoms with Crippen LogP contribution in [0.2, 0.25) is 10.0 Å². The Bertz CT molecular complexity index is 963. The Hall–Kier alpha value is -2.45. The number of halogens is 2. The zero-order valence-corrected chi connectivity index (χ0v) is 17.6. The maximum absolute atomic E-state index is 12.6. The van der Waals surface area contributed by atoms with Gasteiger partial charge >= 0.3 is 0 Å². The van der Waals surface area contributed by atoms with Crippen LogP contribution in [0.3, 0.4) is 0 Å². The van der Waals surface area contributed by atoms with Gasteiger partial charge in [-0.2, -0.15) is 4.98 Å². The Balaban J connectivity index is 1.73. The molecule has 0 radical (unpaired) electrons. The molecule has 2 N–H and O–H groups in total. The first-order chi connectivity index (χ1) is 13.6. The van der Waals surface area contributed by atoms with Crippen molar-refractivity contribution in [2.24, 2.45) is 0 Å². The van der Waals surface area contributed by atoms with Crippen molar-refractivity contribution in [2.45, 2.75) is 51.5 Å². The number of rotatable bonds is 5. The highest BCUT2D eigenvalue weighted by molar-refractivity contribution is 6.36. The van der Waals surface area contributed by atoms with E-state index in [-0.39, 0.29) is 30.7 Å². The van der Waals surface area contributed by atoms with E-state index < -0.39 is 17.2 Å². The quantitative estimate of drug-likeness (QED) is 0.693. The number of carbonyl (C=O) groups is 3. The Morgan fingerprint density at radius 3 is 2.52 bits per heavy atom. The number of nitrogens with one attached hydrogen (secondary N) is 2. The molecular weight excluding hydrogens is 419 g/mol. The lowest BCUT2D eigenvalue weighted by molar-refractivity contribution is -0.134. The number of piperidine rings is 1. The zero-order chi connectivity index (χ0) is 21.3. The number of benzene rings is 1. The molecule has 154 valence electrons. The summed E-state index contributed by atoms with van der Waals surface area (Å²) in [5, 5.41) is 9.44. The van der Waals surface area contributed by atoms with Crippen molar-refractivity contribution >= 4 is 40.9 Å². The Morgan fingerprint density at radius 1 is 1.31 bits per heavy atom. The van der Waals surface area contributed by atoms with Gasteiger partial charge in [0.25, 0.3) is 0 Å². The normalized spacial score (nSPS) is 17.2. The fourth-order valence-corrected chi connectivity index (χ4v) is 3.89. The lowest BCUT2D eigenvalue weighted by Crippen LogP contribution is -2.40. The van der Waals surface area contributed by atoms with Crippen LogP contribution in [0.25, 0.3) is 0 Å². The van der Waals surface area contributed by atoms with Gasteiger partial charge in [-0.3, -0.25) is 19.7 Å². The van der Waals surface area contributed by atoms with E-state index in [9.17, 15) is 14.4 Å². The molecule has 1 saturated heterocycles. The third-order valence-electron chi connectivity index (χ3n) is 4.81. The predicted molar refractivity (Wildman–Crippen MR) is 105 cm³/mol. The van der Waals surface area contributed by atoms with Crippen LogP contribution in [0.4, 0.5) is 0 Å². The molecule has 0 spiro atoms. The van der Waals surface area contributed by atoms with Crippen molar-refractivity contribution in [3.8, 4) is 0 Å². The van der Waals surface area contributed by atoms with Gasteiger partial charge in [0.15, 0.2) is 5.82 Å². The smallest absolute Gasteiger partial charge is 0.241 e. The molecule has 2 aromatic rings.